The van der Waals surface area contributed by atoms with Gasteiger partial charge in [0.05, 0.1) is 6.04 Å². The van der Waals surface area contributed by atoms with Crippen molar-refractivity contribution < 1.29 is 0 Å². The monoisotopic (exact) mass is 132 g/mol. The average molecular weight is 132 g/mol. The van der Waals surface area contributed by atoms with Gasteiger partial charge in [-0.15, -0.1) is 0 Å². The smallest absolute Gasteiger partial charge is 0.118 e. The van der Waals surface area contributed by atoms with E-state index >= 15 is 0 Å². The van der Waals surface area contributed by atoms with Gasteiger partial charge in [0.2, 0.25) is 0 Å². The summed E-state index contributed by atoms with van der Waals surface area (Å²) in [5.41, 5.74) is 1.93. The van der Waals surface area contributed by atoms with Crippen molar-refractivity contribution in [2.45, 2.75) is 25.8 Å². The van der Waals surface area contributed by atoms with Gasteiger partial charge in [-0.2, -0.15) is 5.10 Å². The molecule has 10 heavy (non-hydrogen) atoms. The lowest BCUT2D eigenvalue weighted by atomic mass is 9.98. The van der Waals surface area contributed by atoms with Gasteiger partial charge in [0, 0.05) is 11.9 Å². The molecule has 0 aliphatic heterocycles. The predicted octanol–water partition coefficient (Wildman–Crippen LogP) is 0.320. The molecule has 50 valence electrons. The Morgan fingerprint density at radius 2 is 2.40 bits per heavy atom. The minimum absolute atomic E-state index is 0.650. The Morgan fingerprint density at radius 1 is 1.70 bits per heavy atom. The Bertz CT molecular complexity index is 250. The summed E-state index contributed by atoms with van der Waals surface area (Å²) in [7, 11) is 5.62. The summed E-state index contributed by atoms with van der Waals surface area (Å²) < 4.78 is 2.02. The fourth-order valence-corrected chi connectivity index (χ4v) is 1.12. The molecule has 0 saturated heterocycles. The fourth-order valence-electron chi connectivity index (χ4n) is 1.12. The highest BCUT2D eigenvalue weighted by Gasteiger charge is 2.25. The molecule has 0 N–H and O–H groups in total. The third kappa shape index (κ3) is 0.771. The zero-order valence-electron chi connectivity index (χ0n) is 6.04. The molecular weight excluding hydrogens is 123 g/mol. The number of hydrogen-bond acceptors (Lipinski definition) is 1. The summed E-state index contributed by atoms with van der Waals surface area (Å²) >= 11 is 0. The van der Waals surface area contributed by atoms with Crippen molar-refractivity contribution in [3.05, 3.63) is 11.9 Å². The molecule has 2 nitrogen and oxygen atoms in total. The summed E-state index contributed by atoms with van der Waals surface area (Å²) in [6, 6.07) is 0.650. The molecule has 1 fully saturated rings. The van der Waals surface area contributed by atoms with E-state index in [0.29, 0.717) is 6.04 Å². The molecule has 0 bridgehead atoms. The molecule has 1 aromatic rings. The minimum Gasteiger partial charge on any atom is -0.267 e. The zero-order valence-corrected chi connectivity index (χ0v) is 6.04. The van der Waals surface area contributed by atoms with E-state index in [0.717, 1.165) is 11.2 Å². The maximum absolute atomic E-state index is 5.62. The Hall–Kier alpha value is -0.725. The second kappa shape index (κ2) is 1.88. The van der Waals surface area contributed by atoms with Crippen LogP contribution in [0.3, 0.4) is 0 Å². The highest BCUT2D eigenvalue weighted by molar-refractivity contribution is 6.32. The van der Waals surface area contributed by atoms with E-state index in [1.807, 2.05) is 11.6 Å². The lowest BCUT2D eigenvalue weighted by Crippen LogP contribution is -2.06. The van der Waals surface area contributed by atoms with E-state index in [-0.39, 0.29) is 0 Å². The van der Waals surface area contributed by atoms with Crippen LogP contribution in [0.5, 0.6) is 0 Å². The highest BCUT2D eigenvalue weighted by Crippen LogP contribution is 2.34. The van der Waals surface area contributed by atoms with Crippen LogP contribution in [0.15, 0.2) is 6.20 Å². The largest absolute Gasteiger partial charge is 0.267 e. The second-order valence-electron chi connectivity index (χ2n) is 2.86. The zero-order chi connectivity index (χ0) is 7.14. The normalized spacial score (nSPS) is 17.7. The van der Waals surface area contributed by atoms with Crippen molar-refractivity contribution in [3.63, 3.8) is 0 Å². The van der Waals surface area contributed by atoms with E-state index in [2.05, 4.69) is 5.10 Å². The average Bonchev–Trinajstić information content (AvgIpc) is 2.67. The van der Waals surface area contributed by atoms with E-state index in [4.69, 9.17) is 7.85 Å². The van der Waals surface area contributed by atoms with Crippen LogP contribution in [-0.2, 0) is 0 Å². The van der Waals surface area contributed by atoms with Crippen molar-refractivity contribution in [1.82, 2.24) is 9.78 Å². The first-order valence-corrected chi connectivity index (χ1v) is 3.58. The van der Waals surface area contributed by atoms with Crippen LogP contribution < -0.4 is 5.46 Å². The molecule has 1 saturated carbocycles. The van der Waals surface area contributed by atoms with Crippen molar-refractivity contribution in [2.75, 3.05) is 0 Å². The molecule has 1 heterocycles. The van der Waals surface area contributed by atoms with Crippen molar-refractivity contribution >= 4 is 13.3 Å². The topological polar surface area (TPSA) is 17.8 Å². The number of hydrogen-bond donors (Lipinski definition) is 0. The molecule has 1 aromatic heterocycles. The van der Waals surface area contributed by atoms with Crippen LogP contribution in [0.2, 0.25) is 0 Å². The van der Waals surface area contributed by atoms with Crippen molar-refractivity contribution in [3.8, 4) is 0 Å². The van der Waals surface area contributed by atoms with Gasteiger partial charge in [0.1, 0.15) is 7.85 Å². The molecule has 0 aromatic carbocycles. The lowest BCUT2D eigenvalue weighted by molar-refractivity contribution is 0.623. The molecular formula is C7H9BN2. The lowest BCUT2D eigenvalue weighted by Gasteiger charge is -1.99. The Morgan fingerprint density at radius 3 is 2.80 bits per heavy atom. The predicted molar refractivity (Wildman–Crippen MR) is 40.6 cm³/mol. The molecule has 3 heteroatoms. The van der Waals surface area contributed by atoms with E-state index in [1.165, 1.54) is 12.8 Å². The first kappa shape index (κ1) is 6.02. The van der Waals surface area contributed by atoms with Gasteiger partial charge in [0.15, 0.2) is 0 Å². The molecule has 2 rings (SSSR count). The quantitative estimate of drug-likeness (QED) is 0.503. The summed E-state index contributed by atoms with van der Waals surface area (Å²) in [4.78, 5) is 0. The molecule has 2 radical (unpaired) electrons. The van der Waals surface area contributed by atoms with E-state index in [1.54, 1.807) is 6.20 Å². The maximum atomic E-state index is 5.62. The minimum atomic E-state index is 0.650. The first-order valence-electron chi connectivity index (χ1n) is 3.58. The van der Waals surface area contributed by atoms with Crippen molar-refractivity contribution in [2.24, 2.45) is 0 Å². The van der Waals surface area contributed by atoms with Crippen LogP contribution in [-0.4, -0.2) is 17.6 Å². The van der Waals surface area contributed by atoms with Gasteiger partial charge in [-0.3, -0.25) is 4.68 Å². The second-order valence-corrected chi connectivity index (χ2v) is 2.86. The molecule has 0 amide bonds. The van der Waals surface area contributed by atoms with Crippen molar-refractivity contribution in [1.29, 1.82) is 0 Å². The highest BCUT2D eigenvalue weighted by atomic mass is 15.3. The van der Waals surface area contributed by atoms with Gasteiger partial charge in [0.25, 0.3) is 0 Å². The Labute approximate surface area is 61.6 Å². The Balaban J connectivity index is 2.40. The van der Waals surface area contributed by atoms with Crippen LogP contribution in [0.4, 0.5) is 0 Å². The van der Waals surface area contributed by atoms with Crippen LogP contribution >= 0.6 is 0 Å². The molecule has 0 spiro atoms. The molecule has 1 aliphatic rings. The number of rotatable bonds is 1. The third-order valence-corrected chi connectivity index (χ3v) is 1.98. The standard InChI is InChI=1S/C7H9BN2/c1-5-7(8)4-9-10(5)6-2-3-6/h4,6H,2-3H2,1H3. The summed E-state index contributed by atoms with van der Waals surface area (Å²) in [5, 5.41) is 4.17. The first-order chi connectivity index (χ1) is 4.79. The Kier molecular flexibility index (Phi) is 1.13. The molecule has 0 unspecified atom stereocenters. The SMILES string of the molecule is [B]c1cnn(C2CC2)c1C. The van der Waals surface area contributed by atoms with Gasteiger partial charge in [-0.25, -0.2) is 0 Å². The van der Waals surface area contributed by atoms with Gasteiger partial charge >= 0.3 is 0 Å². The van der Waals surface area contributed by atoms with Gasteiger partial charge < -0.3 is 0 Å². The van der Waals surface area contributed by atoms with Crippen LogP contribution in [0.1, 0.15) is 24.6 Å². The van der Waals surface area contributed by atoms with Crippen LogP contribution in [0.25, 0.3) is 0 Å². The van der Waals surface area contributed by atoms with E-state index in [9.17, 15) is 0 Å². The molecule has 0 atom stereocenters. The van der Waals surface area contributed by atoms with E-state index < -0.39 is 0 Å². The number of nitrogens with zero attached hydrogens (tertiary/aromatic N) is 2. The van der Waals surface area contributed by atoms with Gasteiger partial charge in [-0.1, -0.05) is 5.46 Å². The summed E-state index contributed by atoms with van der Waals surface area (Å²) in [5.74, 6) is 0. The van der Waals surface area contributed by atoms with Gasteiger partial charge in [-0.05, 0) is 19.8 Å². The number of aromatic nitrogens is 2. The fraction of sp³-hybridized carbons (Fsp3) is 0.571. The van der Waals surface area contributed by atoms with Crippen LogP contribution in [0, 0.1) is 6.92 Å². The summed E-state index contributed by atoms with van der Waals surface area (Å²) in [6.45, 7) is 2.01. The third-order valence-electron chi connectivity index (χ3n) is 1.98. The molecule has 1 aliphatic carbocycles. The maximum Gasteiger partial charge on any atom is 0.118 e. The summed E-state index contributed by atoms with van der Waals surface area (Å²) in [6.07, 6.45) is 4.26.